The van der Waals surface area contributed by atoms with E-state index in [4.69, 9.17) is 0 Å². The molecule has 0 bridgehead atoms. The minimum Gasteiger partial charge on any atom is -1.00 e. The quantitative estimate of drug-likeness (QED) is 0.155. The zero-order valence-corrected chi connectivity index (χ0v) is 43.3. The van der Waals surface area contributed by atoms with Gasteiger partial charge in [-0.05, 0) is 0 Å². The Kier molecular flexibility index (Phi) is 14.1. The summed E-state index contributed by atoms with van der Waals surface area (Å²) in [5.74, 6) is 1.26. The van der Waals surface area contributed by atoms with Crippen molar-refractivity contribution in [3.05, 3.63) is 128 Å². The number of fused-ring (bicyclic) bond motifs is 2. The van der Waals surface area contributed by atoms with Crippen LogP contribution in [0, 0.1) is 11.8 Å². The van der Waals surface area contributed by atoms with Crippen LogP contribution in [-0.2, 0) is 38.2 Å². The zero-order valence-electron chi connectivity index (χ0n) is 40.2. The molecule has 7 rings (SSSR count). The summed E-state index contributed by atoms with van der Waals surface area (Å²) in [6.45, 7) is 38.2. The van der Waals surface area contributed by atoms with E-state index in [1.807, 2.05) is 0 Å². The van der Waals surface area contributed by atoms with Crippen LogP contribution < -0.4 is 24.8 Å². The average molecular weight is 880 g/mol. The topological polar surface area (TPSA) is 0 Å². The number of allylic oxidation sites excluding steroid dienone is 2. The second kappa shape index (κ2) is 17.3. The molecule has 0 radical (unpaired) electrons. The van der Waals surface area contributed by atoms with Gasteiger partial charge in [-0.3, -0.25) is 0 Å². The summed E-state index contributed by atoms with van der Waals surface area (Å²) in [5.41, 5.74) is 21.6. The SMILES string of the molecule is CC(C)CC1=Cc2c(-c3cc(C(C)(C)C)cc(C(C)(C)C)c3)cccc2[CH]1[Ti+2]1([CH]2C(CC(C)C)=Cc3c(-c4cc(C(C)(C)C)cc(C(C)(C)C)c4)cccc32)[CH2]C[CH2]1.[Cl-].[Cl-]. The molecule has 4 aromatic carbocycles. The minimum absolute atomic E-state index is 0. The van der Waals surface area contributed by atoms with Gasteiger partial charge in [-0.1, -0.05) is 0 Å². The van der Waals surface area contributed by atoms with E-state index in [9.17, 15) is 0 Å². The van der Waals surface area contributed by atoms with E-state index in [1.165, 1.54) is 84.3 Å². The summed E-state index contributed by atoms with van der Waals surface area (Å²) >= 11 is -2.74. The summed E-state index contributed by atoms with van der Waals surface area (Å²) in [4.78, 5) is 0. The molecule has 0 N–H and O–H groups in total. The number of halogens is 2. The monoisotopic (exact) mass is 878 g/mol. The molecule has 2 unspecified atom stereocenters. The van der Waals surface area contributed by atoms with Crippen molar-refractivity contribution in [2.45, 2.75) is 170 Å². The molecule has 0 nitrogen and oxygen atoms in total. The standard InChI is InChI=1S/2C27H35.C3H6.2ClH.Ti/c2*1-18(2)12-19-13-20-10-9-11-24(25(20)14-19)21-15-22(26(3,4)5)17-23(16-21)27(6,7)8;1-3-2;;;/h2*9-11,13-18H,12H2,1-8H3;1-3H2;2*1H;/q;;;;;+2/p-2. The van der Waals surface area contributed by atoms with Gasteiger partial charge in [0.05, 0.1) is 0 Å². The van der Waals surface area contributed by atoms with Crippen LogP contribution in [0.1, 0.15) is 183 Å². The predicted molar refractivity (Wildman–Crippen MR) is 253 cm³/mol. The van der Waals surface area contributed by atoms with E-state index in [1.54, 1.807) is 22.3 Å². The average Bonchev–Trinajstić information content (AvgIpc) is 3.63. The second-order valence-corrected chi connectivity index (χ2v) is 31.0. The van der Waals surface area contributed by atoms with E-state index in [0.717, 1.165) is 0 Å². The Morgan fingerprint density at radius 3 is 1.05 bits per heavy atom. The van der Waals surface area contributed by atoms with Gasteiger partial charge in [0.1, 0.15) is 0 Å². The zero-order chi connectivity index (χ0) is 42.3. The smallest absolute Gasteiger partial charge is 1.00 e. The first-order valence-electron chi connectivity index (χ1n) is 22.9. The van der Waals surface area contributed by atoms with Crippen molar-refractivity contribution < 1.29 is 41.4 Å². The fourth-order valence-corrected chi connectivity index (χ4v) is 20.5. The van der Waals surface area contributed by atoms with Crippen molar-refractivity contribution in [1.82, 2.24) is 0 Å². The van der Waals surface area contributed by atoms with Gasteiger partial charge in [-0.2, -0.15) is 0 Å². The Balaban J connectivity index is 0.00000341. The normalized spacial score (nSPS) is 18.1. The summed E-state index contributed by atoms with van der Waals surface area (Å²) in [6.07, 6.45) is 9.24. The third kappa shape index (κ3) is 9.31. The van der Waals surface area contributed by atoms with Crippen LogP contribution in [0.4, 0.5) is 0 Å². The first kappa shape index (κ1) is 48.7. The van der Waals surface area contributed by atoms with Crippen LogP contribution in [0.2, 0.25) is 9.45 Å². The molecule has 3 aliphatic rings. The molecule has 0 spiro atoms. The molecule has 0 aromatic heterocycles. The van der Waals surface area contributed by atoms with Gasteiger partial charge in [-0.15, -0.1) is 0 Å². The van der Waals surface area contributed by atoms with Crippen LogP contribution in [0.5, 0.6) is 0 Å². The molecule has 2 atom stereocenters. The minimum atomic E-state index is -2.74. The van der Waals surface area contributed by atoms with Crippen LogP contribution in [0.3, 0.4) is 0 Å². The summed E-state index contributed by atoms with van der Waals surface area (Å²) in [5, 5.41) is 0. The molecule has 0 amide bonds. The van der Waals surface area contributed by atoms with E-state index < -0.39 is 16.6 Å². The first-order chi connectivity index (χ1) is 26.9. The van der Waals surface area contributed by atoms with Gasteiger partial charge in [0.25, 0.3) is 0 Å². The number of hydrogen-bond donors (Lipinski definition) is 0. The van der Waals surface area contributed by atoms with Crippen LogP contribution in [-0.4, -0.2) is 0 Å². The fourth-order valence-electron chi connectivity index (χ4n) is 10.7. The van der Waals surface area contributed by atoms with Gasteiger partial charge < -0.3 is 24.8 Å². The van der Waals surface area contributed by atoms with Crippen LogP contribution in [0.25, 0.3) is 34.4 Å². The second-order valence-electron chi connectivity index (χ2n) is 23.8. The maximum Gasteiger partial charge on any atom is -1.00 e. The van der Waals surface area contributed by atoms with Gasteiger partial charge in [-0.25, -0.2) is 0 Å². The Bertz CT molecular complexity index is 2050. The van der Waals surface area contributed by atoms with Crippen LogP contribution >= 0.6 is 0 Å². The van der Waals surface area contributed by atoms with Crippen molar-refractivity contribution in [1.29, 1.82) is 0 Å². The van der Waals surface area contributed by atoms with E-state index >= 15 is 0 Å². The molecule has 1 aliphatic heterocycles. The molecule has 322 valence electrons. The summed E-state index contributed by atoms with van der Waals surface area (Å²) < 4.78 is 4.14. The Morgan fingerprint density at radius 1 is 0.483 bits per heavy atom. The van der Waals surface area contributed by atoms with Crippen molar-refractivity contribution in [2.24, 2.45) is 11.8 Å². The van der Waals surface area contributed by atoms with E-state index in [2.05, 4.69) is 196 Å². The molecule has 0 saturated carbocycles. The van der Waals surface area contributed by atoms with Gasteiger partial charge in [0.2, 0.25) is 0 Å². The van der Waals surface area contributed by atoms with Crippen molar-refractivity contribution in [3.8, 4) is 22.3 Å². The number of rotatable bonds is 8. The molecule has 2 aliphatic carbocycles. The van der Waals surface area contributed by atoms with Crippen LogP contribution in [0.15, 0.2) is 83.9 Å². The van der Waals surface area contributed by atoms with Crippen molar-refractivity contribution >= 4 is 12.2 Å². The summed E-state index contributed by atoms with van der Waals surface area (Å²) in [7, 11) is 0. The van der Waals surface area contributed by atoms with Gasteiger partial charge in [0.15, 0.2) is 0 Å². The Hall–Kier alpha value is -2.35. The molecule has 1 fully saturated rings. The van der Waals surface area contributed by atoms with Crippen molar-refractivity contribution in [2.75, 3.05) is 0 Å². The molecule has 60 heavy (non-hydrogen) atoms. The third-order valence-electron chi connectivity index (χ3n) is 14.0. The largest absolute Gasteiger partial charge is 1.00 e. The predicted octanol–water partition coefficient (Wildman–Crippen LogP) is 11.3. The van der Waals surface area contributed by atoms with E-state index in [-0.39, 0.29) is 46.5 Å². The maximum atomic E-state index is 2.73. The van der Waals surface area contributed by atoms with E-state index in [0.29, 0.717) is 20.3 Å². The summed E-state index contributed by atoms with van der Waals surface area (Å²) in [6, 6.07) is 29.9. The molecule has 4 aromatic rings. The molecule has 1 heterocycles. The third-order valence-corrected chi connectivity index (χ3v) is 23.7. The number of benzene rings is 4. The maximum absolute atomic E-state index is 2.74. The molecule has 1 saturated heterocycles. The molecule has 3 heteroatoms. The Morgan fingerprint density at radius 2 is 0.800 bits per heavy atom. The van der Waals surface area contributed by atoms with Gasteiger partial charge >= 0.3 is 361 Å². The molecular formula is C57H76Cl2Ti. The van der Waals surface area contributed by atoms with Gasteiger partial charge in [0, 0.05) is 0 Å². The Labute approximate surface area is 383 Å². The number of hydrogen-bond acceptors (Lipinski definition) is 0. The fraction of sp³-hybridized carbons (Fsp3) is 0.509. The first-order valence-corrected chi connectivity index (χ1v) is 26.9. The molecular weight excluding hydrogens is 803 g/mol. The van der Waals surface area contributed by atoms with Crippen molar-refractivity contribution in [3.63, 3.8) is 0 Å².